The lowest BCUT2D eigenvalue weighted by Crippen LogP contribution is -2.47. The third kappa shape index (κ3) is 2.83. The first-order valence-electron chi connectivity index (χ1n) is 5.32. The average molecular weight is 259 g/mol. The smallest absolute Gasteiger partial charge is 0.240 e. The Morgan fingerprint density at radius 1 is 1.29 bits per heavy atom. The molecule has 1 aliphatic carbocycles. The Morgan fingerprint density at radius 3 is 2.41 bits per heavy atom. The number of ether oxygens (including phenoxy) is 1. The molecule has 0 saturated heterocycles. The van der Waals surface area contributed by atoms with Crippen LogP contribution in [0, 0.1) is 5.82 Å². The summed E-state index contributed by atoms with van der Waals surface area (Å²) in [6.07, 6.45) is 1.49. The zero-order chi connectivity index (χ0) is 12.5. The average Bonchev–Trinajstić information content (AvgIpc) is 2.23. The molecular weight excluding hydrogens is 245 g/mol. The van der Waals surface area contributed by atoms with E-state index in [4.69, 9.17) is 4.74 Å². The molecule has 0 aromatic heterocycles. The number of benzene rings is 1. The second-order valence-electron chi connectivity index (χ2n) is 4.10. The molecule has 1 aromatic carbocycles. The highest BCUT2D eigenvalue weighted by atomic mass is 32.2. The molecule has 1 aromatic rings. The number of hydrogen-bond donors (Lipinski definition) is 1. The maximum atomic E-state index is 12.7. The van der Waals surface area contributed by atoms with Gasteiger partial charge in [0.15, 0.2) is 0 Å². The van der Waals surface area contributed by atoms with Crippen molar-refractivity contribution in [3.05, 3.63) is 30.1 Å². The number of halogens is 1. The van der Waals surface area contributed by atoms with E-state index >= 15 is 0 Å². The van der Waals surface area contributed by atoms with Gasteiger partial charge in [0, 0.05) is 13.2 Å². The van der Waals surface area contributed by atoms with Gasteiger partial charge in [0.25, 0.3) is 0 Å². The highest BCUT2D eigenvalue weighted by Crippen LogP contribution is 2.24. The van der Waals surface area contributed by atoms with E-state index in [-0.39, 0.29) is 17.0 Å². The van der Waals surface area contributed by atoms with Crippen molar-refractivity contribution in [2.75, 3.05) is 7.11 Å². The highest BCUT2D eigenvalue weighted by molar-refractivity contribution is 7.89. The second kappa shape index (κ2) is 4.72. The lowest BCUT2D eigenvalue weighted by Gasteiger charge is -2.34. The summed E-state index contributed by atoms with van der Waals surface area (Å²) in [4.78, 5) is 0.0831. The Balaban J connectivity index is 2.02. The van der Waals surface area contributed by atoms with E-state index in [0.29, 0.717) is 12.8 Å². The zero-order valence-corrected chi connectivity index (χ0v) is 10.2. The monoisotopic (exact) mass is 259 g/mol. The van der Waals surface area contributed by atoms with Crippen LogP contribution >= 0.6 is 0 Å². The van der Waals surface area contributed by atoms with E-state index in [1.165, 1.54) is 12.1 Å². The third-order valence-corrected chi connectivity index (χ3v) is 4.41. The van der Waals surface area contributed by atoms with Crippen LogP contribution in [0.4, 0.5) is 4.39 Å². The lowest BCUT2D eigenvalue weighted by atomic mass is 9.90. The molecule has 0 atom stereocenters. The molecule has 1 N–H and O–H groups in total. The summed E-state index contributed by atoms with van der Waals surface area (Å²) in [5.41, 5.74) is 0. The van der Waals surface area contributed by atoms with E-state index in [1.807, 2.05) is 0 Å². The highest BCUT2D eigenvalue weighted by Gasteiger charge is 2.32. The fraction of sp³-hybridized carbons (Fsp3) is 0.455. The van der Waals surface area contributed by atoms with Crippen LogP contribution in [0.3, 0.4) is 0 Å². The van der Waals surface area contributed by atoms with Crippen LogP contribution in [0.2, 0.25) is 0 Å². The SMILES string of the molecule is COC1CC(NS(=O)(=O)c2ccc(F)cc2)C1. The summed E-state index contributed by atoms with van der Waals surface area (Å²) in [6.45, 7) is 0. The number of rotatable bonds is 4. The van der Waals surface area contributed by atoms with Gasteiger partial charge in [-0.2, -0.15) is 0 Å². The topological polar surface area (TPSA) is 55.4 Å². The van der Waals surface area contributed by atoms with Gasteiger partial charge < -0.3 is 4.74 Å². The van der Waals surface area contributed by atoms with Crippen LogP contribution in [-0.4, -0.2) is 27.7 Å². The van der Waals surface area contributed by atoms with E-state index in [9.17, 15) is 12.8 Å². The van der Waals surface area contributed by atoms with E-state index < -0.39 is 15.8 Å². The third-order valence-electron chi connectivity index (χ3n) is 2.87. The first-order valence-corrected chi connectivity index (χ1v) is 6.80. The van der Waals surface area contributed by atoms with Crippen molar-refractivity contribution in [3.8, 4) is 0 Å². The molecule has 6 heteroatoms. The molecule has 4 nitrogen and oxygen atoms in total. The molecule has 0 bridgehead atoms. The van der Waals surface area contributed by atoms with Crippen molar-refractivity contribution < 1.29 is 17.5 Å². The van der Waals surface area contributed by atoms with Gasteiger partial charge in [-0.25, -0.2) is 17.5 Å². The summed E-state index contributed by atoms with van der Waals surface area (Å²) in [6, 6.07) is 4.68. The molecule has 17 heavy (non-hydrogen) atoms. The maximum Gasteiger partial charge on any atom is 0.240 e. The Hall–Kier alpha value is -0.980. The van der Waals surface area contributed by atoms with E-state index in [1.54, 1.807) is 7.11 Å². The van der Waals surface area contributed by atoms with Gasteiger partial charge in [-0.05, 0) is 37.1 Å². The van der Waals surface area contributed by atoms with Crippen LogP contribution in [0.25, 0.3) is 0 Å². The van der Waals surface area contributed by atoms with Gasteiger partial charge in [-0.1, -0.05) is 0 Å². The predicted molar refractivity (Wildman–Crippen MR) is 60.5 cm³/mol. The molecule has 1 saturated carbocycles. The quantitative estimate of drug-likeness (QED) is 0.886. The van der Waals surface area contributed by atoms with Gasteiger partial charge in [0.05, 0.1) is 11.0 Å². The molecule has 0 spiro atoms. The molecule has 1 aliphatic rings. The molecule has 0 unspecified atom stereocenters. The summed E-state index contributed by atoms with van der Waals surface area (Å²) in [5, 5.41) is 0. The molecule has 1 fully saturated rings. The lowest BCUT2D eigenvalue weighted by molar-refractivity contribution is 0.0236. The normalized spacial score (nSPS) is 24.4. The summed E-state index contributed by atoms with van der Waals surface area (Å²) in [7, 11) is -1.93. The Bertz CT molecular complexity index is 480. The van der Waals surface area contributed by atoms with Crippen LogP contribution in [0.1, 0.15) is 12.8 Å². The molecule has 0 heterocycles. The van der Waals surface area contributed by atoms with Crippen molar-refractivity contribution in [2.24, 2.45) is 0 Å². The van der Waals surface area contributed by atoms with Gasteiger partial charge in [-0.15, -0.1) is 0 Å². The molecule has 0 radical (unpaired) electrons. The van der Waals surface area contributed by atoms with Crippen molar-refractivity contribution >= 4 is 10.0 Å². The minimum atomic E-state index is -3.54. The fourth-order valence-corrected chi connectivity index (χ4v) is 3.02. The summed E-state index contributed by atoms with van der Waals surface area (Å²) >= 11 is 0. The second-order valence-corrected chi connectivity index (χ2v) is 5.82. The van der Waals surface area contributed by atoms with Gasteiger partial charge in [0.2, 0.25) is 10.0 Å². The number of nitrogens with one attached hydrogen (secondary N) is 1. The Morgan fingerprint density at radius 2 is 1.88 bits per heavy atom. The van der Waals surface area contributed by atoms with E-state index in [0.717, 1.165) is 12.1 Å². The molecule has 0 amide bonds. The van der Waals surface area contributed by atoms with Crippen LogP contribution < -0.4 is 4.72 Å². The Labute approximate surface area is 99.8 Å². The number of methoxy groups -OCH3 is 1. The van der Waals surface area contributed by atoms with Crippen molar-refractivity contribution in [1.82, 2.24) is 4.72 Å². The zero-order valence-electron chi connectivity index (χ0n) is 9.39. The number of hydrogen-bond acceptors (Lipinski definition) is 3. The van der Waals surface area contributed by atoms with Crippen molar-refractivity contribution in [1.29, 1.82) is 0 Å². The summed E-state index contributed by atoms with van der Waals surface area (Å²) < 4.78 is 44.0. The summed E-state index contributed by atoms with van der Waals surface area (Å²) in [5.74, 6) is -0.452. The molecule has 2 rings (SSSR count). The van der Waals surface area contributed by atoms with Crippen molar-refractivity contribution in [3.63, 3.8) is 0 Å². The number of sulfonamides is 1. The van der Waals surface area contributed by atoms with Crippen LogP contribution in [0.5, 0.6) is 0 Å². The van der Waals surface area contributed by atoms with Crippen LogP contribution in [0.15, 0.2) is 29.2 Å². The molecule has 0 aliphatic heterocycles. The molecular formula is C11H14FNO3S. The fourth-order valence-electron chi connectivity index (χ4n) is 1.76. The molecule has 94 valence electrons. The first-order chi connectivity index (χ1) is 8.01. The minimum Gasteiger partial charge on any atom is -0.381 e. The predicted octanol–water partition coefficient (Wildman–Crippen LogP) is 1.28. The van der Waals surface area contributed by atoms with Gasteiger partial charge >= 0.3 is 0 Å². The minimum absolute atomic E-state index is 0.0831. The van der Waals surface area contributed by atoms with Gasteiger partial charge in [0.1, 0.15) is 5.82 Å². The van der Waals surface area contributed by atoms with Crippen molar-refractivity contribution in [2.45, 2.75) is 29.9 Å². The first kappa shape index (κ1) is 12.5. The van der Waals surface area contributed by atoms with Crippen LogP contribution in [-0.2, 0) is 14.8 Å². The standard InChI is InChI=1S/C11H14FNO3S/c1-16-10-6-9(7-10)13-17(14,15)11-4-2-8(12)3-5-11/h2-5,9-10,13H,6-7H2,1H3. The largest absolute Gasteiger partial charge is 0.381 e. The Kier molecular flexibility index (Phi) is 3.46. The van der Waals surface area contributed by atoms with E-state index in [2.05, 4.69) is 4.72 Å². The maximum absolute atomic E-state index is 12.7. The van der Waals surface area contributed by atoms with Gasteiger partial charge in [-0.3, -0.25) is 0 Å².